The molecule has 2 heterocycles. The summed E-state index contributed by atoms with van der Waals surface area (Å²) in [6, 6.07) is 10.6. The van der Waals surface area contributed by atoms with E-state index in [4.69, 9.17) is 9.26 Å². The van der Waals surface area contributed by atoms with Crippen molar-refractivity contribution in [2.45, 2.75) is 38.0 Å². The fourth-order valence-corrected chi connectivity index (χ4v) is 3.86. The molecule has 0 unspecified atom stereocenters. The van der Waals surface area contributed by atoms with E-state index in [2.05, 4.69) is 10.1 Å². The number of carbonyl (C=O) groups excluding carboxylic acids is 2. The summed E-state index contributed by atoms with van der Waals surface area (Å²) < 4.78 is 10.4. The van der Waals surface area contributed by atoms with E-state index in [9.17, 15) is 9.59 Å². The maximum atomic E-state index is 12.5. The van der Waals surface area contributed by atoms with Crippen LogP contribution in [0.5, 0.6) is 0 Å². The lowest BCUT2D eigenvalue weighted by atomic mass is 10.1. The van der Waals surface area contributed by atoms with Crippen LogP contribution in [0.25, 0.3) is 0 Å². The minimum atomic E-state index is -0.571. The monoisotopic (exact) mass is 410 g/mol. The second-order valence-corrected chi connectivity index (χ2v) is 7.46. The minimum absolute atomic E-state index is 0.241. The second kappa shape index (κ2) is 9.52. The van der Waals surface area contributed by atoms with Crippen LogP contribution < -0.4 is 0 Å². The van der Waals surface area contributed by atoms with E-state index in [0.717, 1.165) is 29.0 Å². The predicted octanol–water partition coefficient (Wildman–Crippen LogP) is 4.58. The third-order valence-corrected chi connectivity index (χ3v) is 5.58. The molecule has 150 valence electrons. The van der Waals surface area contributed by atoms with Crippen LogP contribution in [0.4, 0.5) is 0 Å². The number of aromatic nitrogens is 2. The minimum Gasteiger partial charge on any atom is -0.454 e. The summed E-state index contributed by atoms with van der Waals surface area (Å²) in [5.74, 6) is 0.503. The number of ether oxygens (including phenoxy) is 1. The van der Waals surface area contributed by atoms with Gasteiger partial charge in [-0.15, -0.1) is 11.8 Å². The summed E-state index contributed by atoms with van der Waals surface area (Å²) in [5, 5.41) is 4.48. The first kappa shape index (κ1) is 20.8. The van der Waals surface area contributed by atoms with Crippen molar-refractivity contribution < 1.29 is 18.8 Å². The molecule has 0 N–H and O–H groups in total. The average Bonchev–Trinajstić information content (AvgIpc) is 3.07. The van der Waals surface area contributed by atoms with Crippen LogP contribution in [-0.2, 0) is 16.9 Å². The first-order chi connectivity index (χ1) is 14.0. The van der Waals surface area contributed by atoms with Crippen LogP contribution in [0, 0.1) is 13.8 Å². The van der Waals surface area contributed by atoms with Crippen LogP contribution in [0.2, 0.25) is 0 Å². The topological polar surface area (TPSA) is 82.3 Å². The third kappa shape index (κ3) is 5.12. The van der Waals surface area contributed by atoms with Crippen molar-refractivity contribution in [3.05, 3.63) is 76.3 Å². The molecule has 2 aromatic heterocycles. The number of pyridine rings is 1. The number of esters is 1. The van der Waals surface area contributed by atoms with Crippen molar-refractivity contribution >= 4 is 23.5 Å². The molecule has 0 amide bonds. The summed E-state index contributed by atoms with van der Waals surface area (Å²) in [4.78, 5) is 29.1. The van der Waals surface area contributed by atoms with E-state index in [-0.39, 0.29) is 12.4 Å². The van der Waals surface area contributed by atoms with Gasteiger partial charge in [-0.1, -0.05) is 36.3 Å². The van der Waals surface area contributed by atoms with Crippen molar-refractivity contribution in [1.29, 1.82) is 0 Å². The number of rotatable bonds is 8. The Hall–Kier alpha value is -2.93. The number of hydrogen-bond donors (Lipinski definition) is 0. The Kier molecular flexibility index (Phi) is 6.82. The first-order valence-electron chi connectivity index (χ1n) is 9.28. The lowest BCUT2D eigenvalue weighted by molar-refractivity contribution is 0.0470. The average molecular weight is 410 g/mol. The van der Waals surface area contributed by atoms with Gasteiger partial charge in [0.05, 0.1) is 11.3 Å². The summed E-state index contributed by atoms with van der Waals surface area (Å²) >= 11 is 1.40. The van der Waals surface area contributed by atoms with Crippen LogP contribution in [0.3, 0.4) is 0 Å². The molecule has 3 rings (SSSR count). The number of thioether (sulfide) groups is 1. The molecule has 6 nitrogen and oxygen atoms in total. The molecular formula is C22H22N2O4S. The molecule has 0 radical (unpaired) electrons. The van der Waals surface area contributed by atoms with Gasteiger partial charge >= 0.3 is 5.97 Å². The zero-order chi connectivity index (χ0) is 20.8. The van der Waals surface area contributed by atoms with Gasteiger partial charge in [0.1, 0.15) is 10.8 Å². The molecule has 0 fully saturated rings. The van der Waals surface area contributed by atoms with Gasteiger partial charge in [0.2, 0.25) is 0 Å². The van der Waals surface area contributed by atoms with E-state index in [0.29, 0.717) is 21.9 Å². The molecule has 0 bridgehead atoms. The van der Waals surface area contributed by atoms with Gasteiger partial charge < -0.3 is 9.26 Å². The maximum absolute atomic E-state index is 12.5. The van der Waals surface area contributed by atoms with Gasteiger partial charge in [0, 0.05) is 23.1 Å². The maximum Gasteiger partial charge on any atom is 0.341 e. The van der Waals surface area contributed by atoms with Gasteiger partial charge in [0.15, 0.2) is 12.4 Å². The Balaban J connectivity index is 1.64. The Morgan fingerprint density at radius 1 is 1.14 bits per heavy atom. The molecule has 0 aliphatic heterocycles. The summed E-state index contributed by atoms with van der Waals surface area (Å²) in [6.45, 7) is 5.46. The van der Waals surface area contributed by atoms with Crippen LogP contribution in [-0.4, -0.2) is 28.5 Å². The third-order valence-electron chi connectivity index (χ3n) is 4.54. The van der Waals surface area contributed by atoms with Crippen molar-refractivity contribution in [3.8, 4) is 0 Å². The van der Waals surface area contributed by atoms with Crippen molar-refractivity contribution in [3.63, 3.8) is 0 Å². The lowest BCUT2D eigenvalue weighted by Gasteiger charge is -2.08. The molecule has 0 aliphatic carbocycles. The normalized spacial score (nSPS) is 10.7. The van der Waals surface area contributed by atoms with E-state index in [1.807, 2.05) is 32.9 Å². The fourth-order valence-electron chi connectivity index (χ4n) is 2.73. The highest BCUT2D eigenvalue weighted by Crippen LogP contribution is 2.27. The highest BCUT2D eigenvalue weighted by atomic mass is 32.2. The van der Waals surface area contributed by atoms with E-state index >= 15 is 0 Å². The van der Waals surface area contributed by atoms with Crippen LogP contribution in [0.1, 0.15) is 50.2 Å². The van der Waals surface area contributed by atoms with Gasteiger partial charge in [-0.2, -0.15) is 0 Å². The zero-order valence-electron chi connectivity index (χ0n) is 16.6. The number of nitrogens with zero attached hydrogens (tertiary/aromatic N) is 2. The molecule has 3 aromatic rings. The Bertz CT molecular complexity index is 992. The number of hydrogen-bond acceptors (Lipinski definition) is 7. The Morgan fingerprint density at radius 2 is 1.90 bits per heavy atom. The number of Topliss-reactive ketones (excluding diaryl/α,β-unsaturated/α-hetero) is 1. The molecular weight excluding hydrogens is 388 g/mol. The van der Waals surface area contributed by atoms with Crippen molar-refractivity contribution in [2.24, 2.45) is 0 Å². The Labute approximate surface area is 173 Å². The van der Waals surface area contributed by atoms with Crippen LogP contribution in [0.15, 0.2) is 52.1 Å². The summed E-state index contributed by atoms with van der Waals surface area (Å²) in [6.07, 6.45) is 2.52. The lowest BCUT2D eigenvalue weighted by Crippen LogP contribution is -2.15. The second-order valence-electron chi connectivity index (χ2n) is 6.50. The van der Waals surface area contributed by atoms with E-state index < -0.39 is 5.97 Å². The summed E-state index contributed by atoms with van der Waals surface area (Å²) in [7, 11) is 0. The number of benzene rings is 1. The van der Waals surface area contributed by atoms with Crippen molar-refractivity contribution in [2.75, 3.05) is 6.61 Å². The standard InChI is InChI=1S/C22H22N2O4S/c1-4-16-7-9-17(10-8-16)20(25)12-27-22(26)18-6-5-11-23-21(18)29-13-19-14(2)24-28-15(19)3/h5-11H,4,12-13H2,1-3H3. The molecule has 0 atom stereocenters. The molecule has 1 aromatic carbocycles. The fraction of sp³-hybridized carbons (Fsp3) is 0.273. The quantitative estimate of drug-likeness (QED) is 0.305. The van der Waals surface area contributed by atoms with Gasteiger partial charge in [-0.25, -0.2) is 9.78 Å². The molecule has 29 heavy (non-hydrogen) atoms. The SMILES string of the molecule is CCc1ccc(C(=O)COC(=O)c2cccnc2SCc2c(C)noc2C)cc1. The smallest absolute Gasteiger partial charge is 0.341 e. The van der Waals surface area contributed by atoms with Gasteiger partial charge in [-0.05, 0) is 38.0 Å². The molecule has 7 heteroatoms. The van der Waals surface area contributed by atoms with Crippen LogP contribution >= 0.6 is 11.8 Å². The number of carbonyl (C=O) groups is 2. The molecule has 0 spiro atoms. The van der Waals surface area contributed by atoms with E-state index in [1.54, 1.807) is 30.5 Å². The van der Waals surface area contributed by atoms with Gasteiger partial charge in [0.25, 0.3) is 0 Å². The molecule has 0 saturated carbocycles. The highest BCUT2D eigenvalue weighted by Gasteiger charge is 2.18. The zero-order valence-corrected chi connectivity index (χ0v) is 17.4. The summed E-state index contributed by atoms with van der Waals surface area (Å²) in [5.41, 5.74) is 3.79. The first-order valence-corrected chi connectivity index (χ1v) is 10.3. The molecule has 0 aliphatic rings. The number of aryl methyl sites for hydroxylation is 3. The largest absolute Gasteiger partial charge is 0.454 e. The highest BCUT2D eigenvalue weighted by molar-refractivity contribution is 7.98. The van der Waals surface area contributed by atoms with Crippen molar-refractivity contribution in [1.82, 2.24) is 10.1 Å². The Morgan fingerprint density at radius 3 is 2.55 bits per heavy atom. The predicted molar refractivity (Wildman–Crippen MR) is 110 cm³/mol. The molecule has 0 saturated heterocycles. The number of ketones is 1. The van der Waals surface area contributed by atoms with Gasteiger partial charge in [-0.3, -0.25) is 4.79 Å². The van der Waals surface area contributed by atoms with E-state index in [1.165, 1.54) is 11.8 Å².